The Morgan fingerprint density at radius 2 is 1.94 bits per heavy atom. The van der Waals surface area contributed by atoms with E-state index in [4.69, 9.17) is 4.43 Å². The molecule has 0 fully saturated rings. The van der Waals surface area contributed by atoms with Crippen LogP contribution in [-0.2, 0) is 4.43 Å². The number of hydrogen-bond acceptors (Lipinski definition) is 1. The summed E-state index contributed by atoms with van der Waals surface area (Å²) >= 11 is 0. The fraction of sp³-hybridized carbons (Fsp3) is 0.714. The molecule has 1 unspecified atom stereocenters. The summed E-state index contributed by atoms with van der Waals surface area (Å²) in [6, 6.07) is 0. The second-order valence-electron chi connectivity index (χ2n) is 5.74. The fourth-order valence-electron chi connectivity index (χ4n) is 1.06. The van der Waals surface area contributed by atoms with Gasteiger partial charge in [0.25, 0.3) is 0 Å². The van der Waals surface area contributed by atoms with Crippen LogP contribution in [0.5, 0.6) is 0 Å². The van der Waals surface area contributed by atoms with Gasteiger partial charge in [0.15, 0.2) is 0 Å². The molecule has 0 aliphatic carbocycles. The average Bonchev–Trinajstić information content (AvgIpc) is 2.15. The normalized spacial score (nSPS) is 13.9. The van der Waals surface area contributed by atoms with Crippen molar-refractivity contribution in [3.05, 3.63) is 12.3 Å². The van der Waals surface area contributed by atoms with Gasteiger partial charge in [0, 0.05) is 6.42 Å². The van der Waals surface area contributed by atoms with Crippen molar-refractivity contribution in [3.8, 4) is 11.8 Å². The van der Waals surface area contributed by atoms with Gasteiger partial charge < -0.3 is 4.43 Å². The molecule has 0 aliphatic rings. The third-order valence-electron chi connectivity index (χ3n) is 2.31. The van der Waals surface area contributed by atoms with Crippen LogP contribution in [0.1, 0.15) is 40.5 Å². The van der Waals surface area contributed by atoms with E-state index in [1.165, 1.54) is 0 Å². The van der Waals surface area contributed by atoms with Gasteiger partial charge in [-0.3, -0.25) is 0 Å². The van der Waals surface area contributed by atoms with Crippen LogP contribution in [0.3, 0.4) is 0 Å². The minimum Gasteiger partial charge on any atom is -0.399 e. The molecule has 0 N–H and O–H groups in total. The Hall–Kier alpha value is -0.523. The van der Waals surface area contributed by atoms with Gasteiger partial charge in [-0.1, -0.05) is 39.3 Å². The zero-order chi connectivity index (χ0) is 12.8. The van der Waals surface area contributed by atoms with Gasteiger partial charge in [-0.05, 0) is 24.9 Å². The highest BCUT2D eigenvalue weighted by Crippen LogP contribution is 2.25. The molecule has 0 rings (SSSR count). The van der Waals surface area contributed by atoms with Crippen molar-refractivity contribution in [1.29, 1.82) is 0 Å². The Morgan fingerprint density at radius 1 is 1.38 bits per heavy atom. The monoisotopic (exact) mass is 238 g/mol. The lowest BCUT2D eigenvalue weighted by Gasteiger charge is -2.32. The van der Waals surface area contributed by atoms with Crippen molar-refractivity contribution in [2.24, 2.45) is 5.41 Å². The Kier molecular flexibility index (Phi) is 6.07. The van der Waals surface area contributed by atoms with Crippen LogP contribution in [-0.4, -0.2) is 14.4 Å². The Morgan fingerprint density at radius 3 is 2.31 bits per heavy atom. The smallest absolute Gasteiger partial charge is 0.212 e. The summed E-state index contributed by atoms with van der Waals surface area (Å²) in [6.07, 6.45) is 2.07. The molecule has 92 valence electrons. The summed E-state index contributed by atoms with van der Waals surface area (Å²) < 4.78 is 6.15. The van der Waals surface area contributed by atoms with Crippen molar-refractivity contribution in [3.63, 3.8) is 0 Å². The third-order valence-corrected chi connectivity index (χ3v) is 4.13. The maximum atomic E-state index is 6.15. The van der Waals surface area contributed by atoms with E-state index in [0.29, 0.717) is 0 Å². The van der Waals surface area contributed by atoms with Crippen LogP contribution >= 0.6 is 0 Å². The molecule has 16 heavy (non-hydrogen) atoms. The predicted molar refractivity (Wildman–Crippen MR) is 74.7 cm³/mol. The average molecular weight is 238 g/mol. The molecule has 0 aromatic heterocycles. The first-order valence-corrected chi connectivity index (χ1v) is 9.01. The van der Waals surface area contributed by atoms with Crippen molar-refractivity contribution < 1.29 is 4.43 Å². The quantitative estimate of drug-likeness (QED) is 0.528. The third kappa shape index (κ3) is 6.15. The molecular formula is C14H26OSi. The molecular weight excluding hydrogens is 212 g/mol. The van der Waals surface area contributed by atoms with Crippen LogP contribution in [0, 0.1) is 17.3 Å². The number of hydrogen-bond donors (Lipinski definition) is 0. The molecule has 0 saturated heterocycles. The van der Waals surface area contributed by atoms with E-state index in [1.807, 2.05) is 5.70 Å². The van der Waals surface area contributed by atoms with E-state index in [9.17, 15) is 0 Å². The Labute approximate surface area is 102 Å². The molecule has 0 spiro atoms. The zero-order valence-electron chi connectivity index (χ0n) is 11.7. The fourth-order valence-corrected chi connectivity index (χ4v) is 2.18. The molecule has 0 radical (unpaired) electrons. The van der Waals surface area contributed by atoms with E-state index in [1.54, 1.807) is 0 Å². The molecule has 2 heteroatoms. The first-order chi connectivity index (χ1) is 7.23. The van der Waals surface area contributed by atoms with E-state index in [0.717, 1.165) is 12.8 Å². The van der Waals surface area contributed by atoms with E-state index < -0.39 is 8.32 Å². The van der Waals surface area contributed by atoms with E-state index in [2.05, 4.69) is 59.2 Å². The van der Waals surface area contributed by atoms with Gasteiger partial charge in [-0.25, -0.2) is 0 Å². The van der Waals surface area contributed by atoms with Gasteiger partial charge in [0.2, 0.25) is 8.32 Å². The second-order valence-corrected chi connectivity index (χ2v) is 9.59. The zero-order valence-corrected chi connectivity index (χ0v) is 12.7. The minimum absolute atomic E-state index is 0.0127. The van der Waals surface area contributed by atoms with Gasteiger partial charge in [0.05, 0.1) is 0 Å². The van der Waals surface area contributed by atoms with Gasteiger partial charge in [-0.15, -0.1) is 12.5 Å². The molecule has 0 bridgehead atoms. The largest absolute Gasteiger partial charge is 0.399 e. The summed E-state index contributed by atoms with van der Waals surface area (Å²) in [4.78, 5) is 0. The molecule has 0 aliphatic heterocycles. The van der Waals surface area contributed by atoms with Crippen LogP contribution in [0.4, 0.5) is 0 Å². The highest BCUT2D eigenvalue weighted by Gasteiger charge is 2.30. The summed E-state index contributed by atoms with van der Waals surface area (Å²) in [5, 5.41) is 0. The molecule has 0 saturated carbocycles. The first-order valence-electron chi connectivity index (χ1n) is 6.02. The first kappa shape index (κ1) is 15.5. The van der Waals surface area contributed by atoms with Gasteiger partial charge >= 0.3 is 0 Å². The van der Waals surface area contributed by atoms with Crippen molar-refractivity contribution >= 4 is 8.32 Å². The maximum absolute atomic E-state index is 6.15. The second kappa shape index (κ2) is 6.27. The van der Waals surface area contributed by atoms with E-state index >= 15 is 0 Å². The highest BCUT2D eigenvalue weighted by molar-refractivity contribution is 6.76. The van der Waals surface area contributed by atoms with Crippen LogP contribution in [0.25, 0.3) is 0 Å². The molecule has 0 aromatic carbocycles. The van der Waals surface area contributed by atoms with Crippen LogP contribution in [0.15, 0.2) is 12.3 Å². The SMILES string of the molecule is C=C[Si](C)(C)OC(C#CCCC)C(C)(C)C. The summed E-state index contributed by atoms with van der Waals surface area (Å²) in [6.45, 7) is 16.8. The van der Waals surface area contributed by atoms with Crippen molar-refractivity contribution in [1.82, 2.24) is 0 Å². The summed E-state index contributed by atoms with van der Waals surface area (Å²) in [5.74, 6) is 6.47. The van der Waals surface area contributed by atoms with Crippen LogP contribution < -0.4 is 0 Å². The molecule has 1 nitrogen and oxygen atoms in total. The maximum Gasteiger partial charge on any atom is 0.212 e. The lowest BCUT2D eigenvalue weighted by molar-refractivity contribution is 0.132. The summed E-state index contributed by atoms with van der Waals surface area (Å²) in [5.41, 5.74) is 2.03. The number of rotatable bonds is 4. The highest BCUT2D eigenvalue weighted by atomic mass is 28.4. The predicted octanol–water partition coefficient (Wildman–Crippen LogP) is 4.15. The molecule has 0 aromatic rings. The van der Waals surface area contributed by atoms with E-state index in [-0.39, 0.29) is 11.5 Å². The summed E-state index contributed by atoms with van der Waals surface area (Å²) in [7, 11) is -1.75. The minimum atomic E-state index is -1.75. The lowest BCUT2D eigenvalue weighted by Crippen LogP contribution is -2.39. The van der Waals surface area contributed by atoms with Gasteiger partial charge in [-0.2, -0.15) is 0 Å². The number of unbranched alkanes of at least 4 members (excludes halogenated alkanes) is 1. The standard InChI is InChI=1S/C14H26OSi/c1-8-10-11-12-13(14(3,4)5)15-16(6,7)9-2/h9,13H,2,8,10H2,1,3-7H3. The lowest BCUT2D eigenvalue weighted by atomic mass is 9.89. The van der Waals surface area contributed by atoms with Crippen molar-refractivity contribution in [2.75, 3.05) is 0 Å². The van der Waals surface area contributed by atoms with Crippen LogP contribution in [0.2, 0.25) is 13.1 Å². The topological polar surface area (TPSA) is 9.23 Å². The molecule has 0 heterocycles. The Balaban J connectivity index is 4.72. The Bertz CT molecular complexity index is 275. The van der Waals surface area contributed by atoms with Gasteiger partial charge in [0.1, 0.15) is 6.10 Å². The molecule has 1 atom stereocenters. The molecule has 0 amide bonds. The van der Waals surface area contributed by atoms with Crippen molar-refractivity contribution in [2.45, 2.75) is 59.7 Å².